The molecule has 0 saturated heterocycles. The Kier molecular flexibility index (Phi) is 6.81. The summed E-state index contributed by atoms with van der Waals surface area (Å²) in [5.41, 5.74) is 2.20. The van der Waals surface area contributed by atoms with Gasteiger partial charge in [-0.1, -0.05) is 36.2 Å². The molecular formula is C21H21Cl2NO3S. The first-order valence-corrected chi connectivity index (χ1v) is 10.7. The van der Waals surface area contributed by atoms with Crippen molar-refractivity contribution in [2.24, 2.45) is 5.92 Å². The molecular weight excluding hydrogens is 417 g/mol. The summed E-state index contributed by atoms with van der Waals surface area (Å²) in [6.45, 7) is 4.27. The summed E-state index contributed by atoms with van der Waals surface area (Å²) in [6.07, 6.45) is 5.78. The van der Waals surface area contributed by atoms with Crippen molar-refractivity contribution in [2.75, 3.05) is 11.9 Å². The number of hydrogen-bond donors (Lipinski definition) is 1. The van der Waals surface area contributed by atoms with Gasteiger partial charge in [0.2, 0.25) is 5.91 Å². The average molecular weight is 438 g/mol. The zero-order chi connectivity index (χ0) is 20.3. The molecule has 1 aliphatic rings. The van der Waals surface area contributed by atoms with Crippen LogP contribution in [0.15, 0.2) is 24.3 Å². The molecule has 1 amide bonds. The first-order chi connectivity index (χ1) is 13.4. The van der Waals surface area contributed by atoms with E-state index in [0.717, 1.165) is 29.7 Å². The van der Waals surface area contributed by atoms with Gasteiger partial charge in [0, 0.05) is 21.0 Å². The van der Waals surface area contributed by atoms with Crippen LogP contribution in [0, 0.1) is 5.92 Å². The number of anilines is 1. The number of thiophene rings is 1. The summed E-state index contributed by atoms with van der Waals surface area (Å²) in [6, 6.07) is 5.07. The topological polar surface area (TPSA) is 55.4 Å². The van der Waals surface area contributed by atoms with Crippen molar-refractivity contribution in [2.45, 2.75) is 33.1 Å². The van der Waals surface area contributed by atoms with E-state index in [0.29, 0.717) is 38.7 Å². The second kappa shape index (κ2) is 9.12. The van der Waals surface area contributed by atoms with Gasteiger partial charge in [0.05, 0.1) is 12.2 Å². The summed E-state index contributed by atoms with van der Waals surface area (Å²) in [5, 5.41) is 4.39. The molecule has 1 aliphatic carbocycles. The molecule has 0 radical (unpaired) electrons. The second-order valence-electron chi connectivity index (χ2n) is 6.76. The third kappa shape index (κ3) is 4.77. The SMILES string of the molecule is CCOC(=O)c1c(NC(=O)/C=C/c2ccc(Cl)cc2Cl)sc2c1CCC(C)C2. The normalized spacial score (nSPS) is 16.1. The number of halogens is 2. The number of esters is 1. The van der Waals surface area contributed by atoms with Gasteiger partial charge in [-0.05, 0) is 61.4 Å². The molecule has 0 fully saturated rings. The van der Waals surface area contributed by atoms with E-state index in [1.54, 1.807) is 31.2 Å². The van der Waals surface area contributed by atoms with Gasteiger partial charge in [-0.2, -0.15) is 0 Å². The Bertz CT molecular complexity index is 936. The van der Waals surface area contributed by atoms with Gasteiger partial charge in [0.25, 0.3) is 0 Å². The van der Waals surface area contributed by atoms with Gasteiger partial charge >= 0.3 is 5.97 Å². The van der Waals surface area contributed by atoms with Gasteiger partial charge < -0.3 is 10.1 Å². The molecule has 148 valence electrons. The Balaban J connectivity index is 1.83. The molecule has 4 nitrogen and oxygen atoms in total. The average Bonchev–Trinajstić information content (AvgIpc) is 2.97. The molecule has 0 spiro atoms. The number of rotatable bonds is 5. The molecule has 1 unspecified atom stereocenters. The molecule has 28 heavy (non-hydrogen) atoms. The number of ether oxygens (including phenoxy) is 1. The van der Waals surface area contributed by atoms with Crippen LogP contribution in [-0.4, -0.2) is 18.5 Å². The lowest BCUT2D eigenvalue weighted by Crippen LogP contribution is -2.15. The fraction of sp³-hybridized carbons (Fsp3) is 0.333. The molecule has 3 rings (SSSR count). The number of fused-ring (bicyclic) bond motifs is 1. The summed E-state index contributed by atoms with van der Waals surface area (Å²) < 4.78 is 5.23. The molecule has 1 heterocycles. The predicted octanol–water partition coefficient (Wildman–Crippen LogP) is 6.01. The van der Waals surface area contributed by atoms with Crippen molar-refractivity contribution >= 4 is 57.5 Å². The van der Waals surface area contributed by atoms with Gasteiger partial charge in [-0.3, -0.25) is 4.79 Å². The van der Waals surface area contributed by atoms with Crippen molar-refractivity contribution in [1.82, 2.24) is 0 Å². The highest BCUT2D eigenvalue weighted by Crippen LogP contribution is 2.40. The summed E-state index contributed by atoms with van der Waals surface area (Å²) in [5.74, 6) is -0.144. The van der Waals surface area contributed by atoms with Gasteiger partial charge in [-0.25, -0.2) is 4.79 Å². The lowest BCUT2D eigenvalue weighted by Gasteiger charge is -2.18. The number of carbonyl (C=O) groups excluding carboxylic acids is 2. The highest BCUT2D eigenvalue weighted by Gasteiger charge is 2.28. The van der Waals surface area contributed by atoms with Crippen molar-refractivity contribution in [3.05, 3.63) is 55.9 Å². The Hall–Kier alpha value is -1.82. The lowest BCUT2D eigenvalue weighted by atomic mass is 9.88. The molecule has 2 aromatic rings. The third-order valence-corrected chi connectivity index (χ3v) is 6.34. The summed E-state index contributed by atoms with van der Waals surface area (Å²) >= 11 is 13.5. The quantitative estimate of drug-likeness (QED) is 0.460. The molecule has 1 atom stereocenters. The van der Waals surface area contributed by atoms with E-state index >= 15 is 0 Å². The van der Waals surface area contributed by atoms with Gasteiger partial charge in [0.15, 0.2) is 0 Å². The maximum absolute atomic E-state index is 12.5. The fourth-order valence-electron chi connectivity index (χ4n) is 3.21. The number of nitrogens with one attached hydrogen (secondary N) is 1. The molecule has 7 heteroatoms. The highest BCUT2D eigenvalue weighted by molar-refractivity contribution is 7.17. The van der Waals surface area contributed by atoms with Crippen molar-refractivity contribution < 1.29 is 14.3 Å². The number of hydrogen-bond acceptors (Lipinski definition) is 4. The maximum atomic E-state index is 12.5. The van der Waals surface area contributed by atoms with E-state index in [2.05, 4.69) is 12.2 Å². The van der Waals surface area contributed by atoms with E-state index in [1.165, 1.54) is 17.4 Å². The zero-order valence-electron chi connectivity index (χ0n) is 15.7. The van der Waals surface area contributed by atoms with Crippen LogP contribution in [-0.2, 0) is 22.4 Å². The predicted molar refractivity (Wildman–Crippen MR) is 116 cm³/mol. The van der Waals surface area contributed by atoms with E-state index < -0.39 is 0 Å². The lowest BCUT2D eigenvalue weighted by molar-refractivity contribution is -0.111. The molecule has 1 N–H and O–H groups in total. The zero-order valence-corrected chi connectivity index (χ0v) is 18.0. The monoisotopic (exact) mass is 437 g/mol. The van der Waals surface area contributed by atoms with E-state index in [4.69, 9.17) is 27.9 Å². The van der Waals surface area contributed by atoms with Crippen LogP contribution >= 0.6 is 34.5 Å². The van der Waals surface area contributed by atoms with Gasteiger partial charge in [-0.15, -0.1) is 11.3 Å². The van der Waals surface area contributed by atoms with Crippen LogP contribution in [0.4, 0.5) is 5.00 Å². The largest absolute Gasteiger partial charge is 0.462 e. The molecule has 0 aliphatic heterocycles. The third-order valence-electron chi connectivity index (χ3n) is 4.60. The van der Waals surface area contributed by atoms with E-state index in [9.17, 15) is 9.59 Å². The maximum Gasteiger partial charge on any atom is 0.341 e. The van der Waals surface area contributed by atoms with Crippen LogP contribution in [0.25, 0.3) is 6.08 Å². The standard InChI is InChI=1S/C21H21Cl2NO3S/c1-3-27-21(26)19-15-8-4-12(2)10-17(15)28-20(19)24-18(25)9-6-13-5-7-14(22)11-16(13)23/h5-7,9,11-12H,3-4,8,10H2,1-2H3,(H,24,25)/b9-6+. The molecule has 0 saturated carbocycles. The van der Waals surface area contributed by atoms with Crippen LogP contribution in [0.2, 0.25) is 10.0 Å². The molecule has 0 bridgehead atoms. The van der Waals surface area contributed by atoms with Gasteiger partial charge in [0.1, 0.15) is 5.00 Å². The Morgan fingerprint density at radius 2 is 2.14 bits per heavy atom. The first-order valence-electron chi connectivity index (χ1n) is 9.14. The Labute approximate surface area is 178 Å². The number of benzene rings is 1. The minimum absolute atomic E-state index is 0.294. The smallest absolute Gasteiger partial charge is 0.341 e. The second-order valence-corrected chi connectivity index (χ2v) is 8.71. The van der Waals surface area contributed by atoms with Crippen LogP contribution in [0.3, 0.4) is 0 Å². The molecule has 1 aromatic heterocycles. The summed E-state index contributed by atoms with van der Waals surface area (Å²) in [7, 11) is 0. The van der Waals surface area contributed by atoms with Crippen LogP contribution in [0.1, 0.15) is 46.6 Å². The summed E-state index contributed by atoms with van der Waals surface area (Å²) in [4.78, 5) is 26.1. The number of amides is 1. The van der Waals surface area contributed by atoms with E-state index in [-0.39, 0.29) is 11.9 Å². The Morgan fingerprint density at radius 1 is 1.36 bits per heavy atom. The minimum Gasteiger partial charge on any atom is -0.462 e. The minimum atomic E-state index is -0.380. The van der Waals surface area contributed by atoms with Crippen LogP contribution in [0.5, 0.6) is 0 Å². The highest BCUT2D eigenvalue weighted by atomic mass is 35.5. The molecule has 1 aromatic carbocycles. The van der Waals surface area contributed by atoms with E-state index in [1.807, 2.05) is 0 Å². The fourth-order valence-corrected chi connectivity index (χ4v) is 5.09. The van der Waals surface area contributed by atoms with Crippen LogP contribution < -0.4 is 5.32 Å². The first kappa shape index (κ1) is 20.9. The van der Waals surface area contributed by atoms with Crippen molar-refractivity contribution in [1.29, 1.82) is 0 Å². The number of carbonyl (C=O) groups is 2. The van der Waals surface area contributed by atoms with Crippen molar-refractivity contribution in [3.8, 4) is 0 Å². The van der Waals surface area contributed by atoms with Crippen molar-refractivity contribution in [3.63, 3.8) is 0 Å². The Morgan fingerprint density at radius 3 is 2.86 bits per heavy atom.